The summed E-state index contributed by atoms with van der Waals surface area (Å²) in [6, 6.07) is 6.17. The number of ketones is 1. The van der Waals surface area contributed by atoms with Gasteiger partial charge in [0.25, 0.3) is 0 Å². The number of carbonyl (C=O) groups is 1. The summed E-state index contributed by atoms with van der Waals surface area (Å²) in [6.07, 6.45) is 3.91. The second-order valence-electron chi connectivity index (χ2n) is 6.16. The first-order chi connectivity index (χ1) is 11.6. The SMILES string of the molecule is Cc1nc(-c2ccc3c(c2)CCC3CC(=O)c2ncn(C)n2)no1. The highest BCUT2D eigenvalue weighted by atomic mass is 16.5. The summed E-state index contributed by atoms with van der Waals surface area (Å²) in [5, 5.41) is 8.06. The number of benzene rings is 1. The minimum atomic E-state index is -0.00804. The third kappa shape index (κ3) is 2.62. The van der Waals surface area contributed by atoms with Crippen LogP contribution in [0.1, 0.15) is 46.4 Å². The van der Waals surface area contributed by atoms with E-state index in [2.05, 4.69) is 32.4 Å². The summed E-state index contributed by atoms with van der Waals surface area (Å²) in [4.78, 5) is 20.7. The van der Waals surface area contributed by atoms with Crippen molar-refractivity contribution in [2.75, 3.05) is 0 Å². The van der Waals surface area contributed by atoms with E-state index < -0.39 is 0 Å². The molecule has 1 unspecified atom stereocenters. The topological polar surface area (TPSA) is 86.7 Å². The zero-order chi connectivity index (χ0) is 16.7. The maximum atomic E-state index is 12.3. The molecule has 0 aliphatic heterocycles. The van der Waals surface area contributed by atoms with Gasteiger partial charge in [-0.3, -0.25) is 9.48 Å². The smallest absolute Gasteiger partial charge is 0.223 e. The average Bonchev–Trinajstić information content (AvgIpc) is 3.28. The third-order valence-corrected chi connectivity index (χ3v) is 4.41. The van der Waals surface area contributed by atoms with Crippen LogP contribution in [-0.2, 0) is 13.5 Å². The highest BCUT2D eigenvalue weighted by Crippen LogP contribution is 2.37. The van der Waals surface area contributed by atoms with Gasteiger partial charge in [0.05, 0.1) is 0 Å². The molecular weight excluding hydrogens is 306 g/mol. The highest BCUT2D eigenvalue weighted by Gasteiger charge is 2.27. The molecule has 0 spiro atoms. The summed E-state index contributed by atoms with van der Waals surface area (Å²) in [7, 11) is 1.76. The molecule has 2 aromatic heterocycles. The van der Waals surface area contributed by atoms with Crippen LogP contribution in [0.5, 0.6) is 0 Å². The minimum absolute atomic E-state index is 0.00804. The minimum Gasteiger partial charge on any atom is -0.339 e. The Balaban J connectivity index is 1.55. The van der Waals surface area contributed by atoms with Crippen LogP contribution in [0.15, 0.2) is 29.0 Å². The van der Waals surface area contributed by atoms with E-state index in [1.165, 1.54) is 11.1 Å². The van der Waals surface area contributed by atoms with Crippen molar-refractivity contribution in [2.24, 2.45) is 7.05 Å². The number of hydrogen-bond acceptors (Lipinski definition) is 6. The number of carbonyl (C=O) groups excluding carboxylic acids is 1. The van der Waals surface area contributed by atoms with E-state index in [1.54, 1.807) is 25.0 Å². The van der Waals surface area contributed by atoms with Gasteiger partial charge in [-0.1, -0.05) is 17.3 Å². The number of aryl methyl sites for hydroxylation is 3. The van der Waals surface area contributed by atoms with Crippen molar-refractivity contribution in [3.8, 4) is 11.4 Å². The Morgan fingerprint density at radius 3 is 3.00 bits per heavy atom. The Morgan fingerprint density at radius 2 is 2.29 bits per heavy atom. The molecule has 0 bridgehead atoms. The molecule has 4 rings (SSSR count). The molecule has 24 heavy (non-hydrogen) atoms. The third-order valence-electron chi connectivity index (χ3n) is 4.41. The molecule has 0 radical (unpaired) electrons. The van der Waals surface area contributed by atoms with Crippen LogP contribution in [0.25, 0.3) is 11.4 Å². The molecule has 2 heterocycles. The van der Waals surface area contributed by atoms with Gasteiger partial charge in [-0.05, 0) is 36.0 Å². The largest absolute Gasteiger partial charge is 0.339 e. The number of nitrogens with zero attached hydrogens (tertiary/aromatic N) is 5. The molecule has 1 atom stereocenters. The number of hydrogen-bond donors (Lipinski definition) is 0. The van der Waals surface area contributed by atoms with Crippen LogP contribution >= 0.6 is 0 Å². The van der Waals surface area contributed by atoms with Crippen molar-refractivity contribution in [1.29, 1.82) is 0 Å². The van der Waals surface area contributed by atoms with Crippen molar-refractivity contribution in [1.82, 2.24) is 24.9 Å². The normalized spacial score (nSPS) is 16.3. The standard InChI is InChI=1S/C17H17N5O2/c1-10-19-16(21-24-10)13-5-6-14-11(7-13)3-4-12(14)8-15(23)17-18-9-22(2)20-17/h5-7,9,12H,3-4,8H2,1-2H3. The van der Waals surface area contributed by atoms with Crippen molar-refractivity contribution in [2.45, 2.75) is 32.1 Å². The molecule has 0 amide bonds. The van der Waals surface area contributed by atoms with Gasteiger partial charge in [0.2, 0.25) is 23.3 Å². The van der Waals surface area contributed by atoms with Crippen molar-refractivity contribution >= 4 is 5.78 Å². The molecule has 0 saturated heterocycles. The lowest BCUT2D eigenvalue weighted by molar-refractivity contribution is 0.0963. The molecule has 3 aromatic rings. The molecule has 0 saturated carbocycles. The predicted molar refractivity (Wildman–Crippen MR) is 85.5 cm³/mol. The zero-order valence-corrected chi connectivity index (χ0v) is 13.6. The van der Waals surface area contributed by atoms with Gasteiger partial charge >= 0.3 is 0 Å². The maximum Gasteiger partial charge on any atom is 0.223 e. The fourth-order valence-corrected chi connectivity index (χ4v) is 3.26. The first kappa shape index (κ1) is 14.7. The van der Waals surface area contributed by atoms with Crippen molar-refractivity contribution in [3.05, 3.63) is 47.4 Å². The van der Waals surface area contributed by atoms with Gasteiger partial charge in [0, 0.05) is 26.0 Å². The van der Waals surface area contributed by atoms with E-state index in [9.17, 15) is 4.79 Å². The Kier molecular flexibility index (Phi) is 3.48. The van der Waals surface area contributed by atoms with E-state index in [-0.39, 0.29) is 11.7 Å². The number of rotatable bonds is 4. The fraction of sp³-hybridized carbons (Fsp3) is 0.353. The van der Waals surface area contributed by atoms with Crippen molar-refractivity contribution < 1.29 is 9.32 Å². The molecular formula is C17H17N5O2. The van der Waals surface area contributed by atoms with E-state index in [0.717, 1.165) is 18.4 Å². The second kappa shape index (κ2) is 5.67. The van der Waals surface area contributed by atoms with Crippen molar-refractivity contribution in [3.63, 3.8) is 0 Å². The van der Waals surface area contributed by atoms with Gasteiger partial charge in [-0.2, -0.15) is 4.98 Å². The Morgan fingerprint density at radius 1 is 1.42 bits per heavy atom. The van der Waals surface area contributed by atoms with E-state index in [4.69, 9.17) is 4.52 Å². The number of Topliss-reactive ketones (excluding diaryl/α,β-unsaturated/α-hetero) is 1. The predicted octanol–water partition coefficient (Wildman–Crippen LogP) is 2.48. The second-order valence-corrected chi connectivity index (χ2v) is 6.16. The molecule has 0 N–H and O–H groups in total. The monoisotopic (exact) mass is 323 g/mol. The highest BCUT2D eigenvalue weighted by molar-refractivity contribution is 5.93. The van der Waals surface area contributed by atoms with E-state index in [1.807, 2.05) is 6.07 Å². The lowest BCUT2D eigenvalue weighted by atomic mass is 9.94. The molecule has 1 aliphatic carbocycles. The molecule has 7 nitrogen and oxygen atoms in total. The lowest BCUT2D eigenvalue weighted by Gasteiger charge is -2.10. The summed E-state index contributed by atoms with van der Waals surface area (Å²) in [6.45, 7) is 1.77. The van der Waals surface area contributed by atoms with Crippen LogP contribution in [0.2, 0.25) is 0 Å². The molecule has 1 aromatic carbocycles. The lowest BCUT2D eigenvalue weighted by Crippen LogP contribution is -2.08. The van der Waals surface area contributed by atoms with Crippen LogP contribution in [0, 0.1) is 6.92 Å². The molecule has 122 valence electrons. The maximum absolute atomic E-state index is 12.3. The Bertz CT molecular complexity index is 911. The summed E-state index contributed by atoms with van der Waals surface area (Å²) in [5.41, 5.74) is 3.42. The quantitative estimate of drug-likeness (QED) is 0.686. The first-order valence-corrected chi connectivity index (χ1v) is 7.92. The van der Waals surface area contributed by atoms with Crippen LogP contribution in [-0.4, -0.2) is 30.7 Å². The Labute approximate surface area is 138 Å². The van der Waals surface area contributed by atoms with Crippen LogP contribution in [0.4, 0.5) is 0 Å². The number of fused-ring (bicyclic) bond motifs is 1. The summed E-state index contributed by atoms with van der Waals surface area (Å²) < 4.78 is 6.59. The summed E-state index contributed by atoms with van der Waals surface area (Å²) >= 11 is 0. The summed E-state index contributed by atoms with van der Waals surface area (Å²) in [5.74, 6) is 1.66. The molecule has 0 fully saturated rings. The Hall–Kier alpha value is -2.83. The fourth-order valence-electron chi connectivity index (χ4n) is 3.26. The van der Waals surface area contributed by atoms with Crippen LogP contribution < -0.4 is 0 Å². The van der Waals surface area contributed by atoms with Gasteiger partial charge in [0.1, 0.15) is 6.33 Å². The van der Waals surface area contributed by atoms with Gasteiger partial charge in [0.15, 0.2) is 0 Å². The number of aromatic nitrogens is 5. The average molecular weight is 323 g/mol. The molecule has 7 heteroatoms. The first-order valence-electron chi connectivity index (χ1n) is 7.92. The van der Waals surface area contributed by atoms with Gasteiger partial charge in [-0.25, -0.2) is 4.98 Å². The molecule has 1 aliphatic rings. The van der Waals surface area contributed by atoms with E-state index in [0.29, 0.717) is 24.0 Å². The van der Waals surface area contributed by atoms with E-state index >= 15 is 0 Å². The van der Waals surface area contributed by atoms with Gasteiger partial charge < -0.3 is 4.52 Å². The van der Waals surface area contributed by atoms with Gasteiger partial charge in [-0.15, -0.1) is 5.10 Å². The zero-order valence-electron chi connectivity index (χ0n) is 13.6. The van der Waals surface area contributed by atoms with Crippen LogP contribution in [0.3, 0.4) is 0 Å².